The first-order valence-corrected chi connectivity index (χ1v) is 7.60. The van der Waals surface area contributed by atoms with Gasteiger partial charge in [-0.15, -0.1) is 0 Å². The van der Waals surface area contributed by atoms with Gasteiger partial charge in [0, 0.05) is 24.8 Å². The highest BCUT2D eigenvalue weighted by Gasteiger charge is 2.10. The number of unbranched alkanes of at least 4 members (excludes halogenated alkanes) is 1. The highest BCUT2D eigenvalue weighted by molar-refractivity contribution is 7.80. The van der Waals surface area contributed by atoms with Gasteiger partial charge in [-0.1, -0.05) is 45.3 Å². The number of nitrogens with zero attached hydrogens (tertiary/aromatic N) is 1. The van der Waals surface area contributed by atoms with E-state index in [2.05, 4.69) is 37.9 Å². The van der Waals surface area contributed by atoms with Crippen molar-refractivity contribution in [2.75, 3.05) is 18.5 Å². The predicted molar refractivity (Wildman–Crippen MR) is 88.9 cm³/mol. The van der Waals surface area contributed by atoms with Crippen molar-refractivity contribution in [1.82, 2.24) is 0 Å². The van der Waals surface area contributed by atoms with Crippen molar-refractivity contribution in [3.8, 4) is 0 Å². The van der Waals surface area contributed by atoms with E-state index in [0.29, 0.717) is 4.99 Å². The molecule has 0 saturated carbocycles. The Kier molecular flexibility index (Phi) is 6.85. The first-order chi connectivity index (χ1) is 9.08. The van der Waals surface area contributed by atoms with Crippen molar-refractivity contribution in [3.63, 3.8) is 0 Å². The Morgan fingerprint density at radius 3 is 2.37 bits per heavy atom. The van der Waals surface area contributed by atoms with Gasteiger partial charge in [-0.3, -0.25) is 0 Å². The Morgan fingerprint density at radius 2 is 1.89 bits per heavy atom. The van der Waals surface area contributed by atoms with E-state index in [-0.39, 0.29) is 0 Å². The van der Waals surface area contributed by atoms with Gasteiger partial charge in [0.2, 0.25) is 0 Å². The maximum atomic E-state index is 5.61. The summed E-state index contributed by atoms with van der Waals surface area (Å²) in [5.41, 5.74) is 7.78. The zero-order chi connectivity index (χ0) is 14.3. The van der Waals surface area contributed by atoms with Gasteiger partial charge in [0.25, 0.3) is 0 Å². The number of anilines is 1. The fourth-order valence-corrected chi connectivity index (χ4v) is 2.43. The standard InChI is InChI=1S/C16H26N2S/c1-4-6-7-13(5-2)12-18(3)15-10-8-14(9-11-15)16(17)19/h8-11,13H,4-7,12H2,1-3H3,(H2,17,19). The van der Waals surface area contributed by atoms with Crippen LogP contribution in [0.2, 0.25) is 0 Å². The molecule has 0 amide bonds. The van der Waals surface area contributed by atoms with Crippen molar-refractivity contribution in [3.05, 3.63) is 29.8 Å². The van der Waals surface area contributed by atoms with Crippen LogP contribution in [-0.4, -0.2) is 18.6 Å². The van der Waals surface area contributed by atoms with Crippen LogP contribution in [0.15, 0.2) is 24.3 Å². The van der Waals surface area contributed by atoms with Crippen LogP contribution in [0.3, 0.4) is 0 Å². The molecule has 19 heavy (non-hydrogen) atoms. The summed E-state index contributed by atoms with van der Waals surface area (Å²) in [5.74, 6) is 0.778. The van der Waals surface area contributed by atoms with E-state index < -0.39 is 0 Å². The lowest BCUT2D eigenvalue weighted by Gasteiger charge is -2.25. The number of benzene rings is 1. The first kappa shape index (κ1) is 16.0. The monoisotopic (exact) mass is 278 g/mol. The summed E-state index contributed by atoms with van der Waals surface area (Å²) in [6, 6.07) is 8.20. The molecule has 106 valence electrons. The maximum absolute atomic E-state index is 5.61. The van der Waals surface area contributed by atoms with Gasteiger partial charge in [0.1, 0.15) is 4.99 Å². The minimum Gasteiger partial charge on any atom is -0.389 e. The molecule has 0 heterocycles. The molecule has 2 N–H and O–H groups in total. The average molecular weight is 278 g/mol. The minimum atomic E-state index is 0.462. The summed E-state index contributed by atoms with van der Waals surface area (Å²) in [7, 11) is 2.16. The highest BCUT2D eigenvalue weighted by Crippen LogP contribution is 2.19. The number of hydrogen-bond donors (Lipinski definition) is 1. The van der Waals surface area contributed by atoms with Crippen LogP contribution >= 0.6 is 12.2 Å². The van der Waals surface area contributed by atoms with Crippen molar-refractivity contribution in [2.45, 2.75) is 39.5 Å². The molecular formula is C16H26N2S. The van der Waals surface area contributed by atoms with Crippen LogP contribution in [0, 0.1) is 5.92 Å². The van der Waals surface area contributed by atoms with Crippen LogP contribution in [0.4, 0.5) is 5.69 Å². The number of hydrogen-bond acceptors (Lipinski definition) is 2. The molecule has 0 spiro atoms. The summed E-state index contributed by atoms with van der Waals surface area (Å²) in [6.45, 7) is 5.65. The third-order valence-corrected chi connectivity index (χ3v) is 3.90. The van der Waals surface area contributed by atoms with E-state index in [1.54, 1.807) is 0 Å². The second kappa shape index (κ2) is 8.16. The Morgan fingerprint density at radius 1 is 1.26 bits per heavy atom. The third kappa shape index (κ3) is 5.19. The average Bonchev–Trinajstić information content (AvgIpc) is 2.43. The van der Waals surface area contributed by atoms with Gasteiger partial charge in [-0.05, 0) is 36.6 Å². The molecule has 0 aliphatic carbocycles. The van der Waals surface area contributed by atoms with E-state index in [9.17, 15) is 0 Å². The molecule has 0 bridgehead atoms. The lowest BCUT2D eigenvalue weighted by Crippen LogP contribution is -2.25. The van der Waals surface area contributed by atoms with E-state index in [4.69, 9.17) is 18.0 Å². The SMILES string of the molecule is CCCCC(CC)CN(C)c1ccc(C(N)=S)cc1. The number of nitrogens with two attached hydrogens (primary N) is 1. The summed E-state index contributed by atoms with van der Waals surface area (Å²) in [4.78, 5) is 2.79. The summed E-state index contributed by atoms with van der Waals surface area (Å²) < 4.78 is 0. The topological polar surface area (TPSA) is 29.3 Å². The molecule has 0 aliphatic rings. The quantitative estimate of drug-likeness (QED) is 0.729. The summed E-state index contributed by atoms with van der Waals surface area (Å²) in [5, 5.41) is 0. The zero-order valence-electron chi connectivity index (χ0n) is 12.4. The van der Waals surface area contributed by atoms with Gasteiger partial charge in [-0.2, -0.15) is 0 Å². The van der Waals surface area contributed by atoms with Crippen LogP contribution in [-0.2, 0) is 0 Å². The highest BCUT2D eigenvalue weighted by atomic mass is 32.1. The molecular weight excluding hydrogens is 252 g/mol. The Labute approximate surface area is 123 Å². The molecule has 0 saturated heterocycles. The normalized spacial score (nSPS) is 12.2. The first-order valence-electron chi connectivity index (χ1n) is 7.19. The molecule has 0 aromatic heterocycles. The Balaban J connectivity index is 2.60. The molecule has 0 fully saturated rings. The van der Waals surface area contributed by atoms with E-state index in [1.807, 2.05) is 12.1 Å². The molecule has 1 unspecified atom stereocenters. The van der Waals surface area contributed by atoms with Gasteiger partial charge in [0.15, 0.2) is 0 Å². The van der Waals surface area contributed by atoms with Gasteiger partial charge in [-0.25, -0.2) is 0 Å². The largest absolute Gasteiger partial charge is 0.389 e. The molecule has 0 radical (unpaired) electrons. The molecule has 1 atom stereocenters. The lowest BCUT2D eigenvalue weighted by molar-refractivity contribution is 0.454. The number of thiocarbonyl (C=S) groups is 1. The Bertz CT molecular complexity index is 386. The van der Waals surface area contributed by atoms with E-state index in [0.717, 1.165) is 18.0 Å². The molecule has 0 aliphatic heterocycles. The van der Waals surface area contributed by atoms with Crippen LogP contribution < -0.4 is 10.6 Å². The van der Waals surface area contributed by atoms with Crippen molar-refractivity contribution < 1.29 is 0 Å². The zero-order valence-corrected chi connectivity index (χ0v) is 13.2. The summed E-state index contributed by atoms with van der Waals surface area (Å²) >= 11 is 4.97. The van der Waals surface area contributed by atoms with Crippen molar-refractivity contribution >= 4 is 22.9 Å². The van der Waals surface area contributed by atoms with Gasteiger partial charge >= 0.3 is 0 Å². The van der Waals surface area contributed by atoms with Crippen LogP contribution in [0.25, 0.3) is 0 Å². The van der Waals surface area contributed by atoms with E-state index in [1.165, 1.54) is 31.4 Å². The molecule has 2 nitrogen and oxygen atoms in total. The second-order valence-electron chi connectivity index (χ2n) is 5.21. The number of rotatable bonds is 8. The van der Waals surface area contributed by atoms with Crippen molar-refractivity contribution in [2.24, 2.45) is 11.7 Å². The molecule has 1 rings (SSSR count). The van der Waals surface area contributed by atoms with E-state index >= 15 is 0 Å². The molecule has 3 heteroatoms. The molecule has 1 aromatic carbocycles. The van der Waals surface area contributed by atoms with Gasteiger partial charge < -0.3 is 10.6 Å². The lowest BCUT2D eigenvalue weighted by atomic mass is 9.98. The fourth-order valence-electron chi connectivity index (χ4n) is 2.29. The predicted octanol–water partition coefficient (Wildman–Crippen LogP) is 3.97. The van der Waals surface area contributed by atoms with Crippen LogP contribution in [0.5, 0.6) is 0 Å². The Hall–Kier alpha value is -1.09. The van der Waals surface area contributed by atoms with Crippen molar-refractivity contribution in [1.29, 1.82) is 0 Å². The smallest absolute Gasteiger partial charge is 0.103 e. The fraction of sp³-hybridized carbons (Fsp3) is 0.562. The third-order valence-electron chi connectivity index (χ3n) is 3.67. The second-order valence-corrected chi connectivity index (χ2v) is 5.65. The summed E-state index contributed by atoms with van der Waals surface area (Å²) in [6.07, 6.45) is 5.17. The van der Waals surface area contributed by atoms with Crippen LogP contribution in [0.1, 0.15) is 45.1 Å². The van der Waals surface area contributed by atoms with Gasteiger partial charge in [0.05, 0.1) is 0 Å². The maximum Gasteiger partial charge on any atom is 0.103 e. The minimum absolute atomic E-state index is 0.462. The molecule has 1 aromatic rings.